The van der Waals surface area contributed by atoms with Crippen LogP contribution in [0.5, 0.6) is 0 Å². The fourth-order valence-electron chi connectivity index (χ4n) is 7.31. The summed E-state index contributed by atoms with van der Waals surface area (Å²) in [5.74, 6) is -0.217. The molecule has 218 valence electrons. The van der Waals surface area contributed by atoms with E-state index in [0.29, 0.717) is 16.8 Å². The summed E-state index contributed by atoms with van der Waals surface area (Å²) in [5, 5.41) is 13.9. The van der Waals surface area contributed by atoms with Crippen LogP contribution in [-0.4, -0.2) is 15.6 Å². The summed E-state index contributed by atoms with van der Waals surface area (Å²) in [4.78, 5) is 15.9. The average Bonchev–Trinajstić information content (AvgIpc) is 3.51. The van der Waals surface area contributed by atoms with Gasteiger partial charge >= 0.3 is 0 Å². The van der Waals surface area contributed by atoms with Crippen LogP contribution in [0, 0.1) is 20.8 Å². The minimum Gasteiger partial charge on any atom is -0.369 e. The monoisotopic (exact) mass is 584 g/mol. The van der Waals surface area contributed by atoms with Gasteiger partial charge in [0.25, 0.3) is 5.91 Å². The number of fused-ring (bicyclic) bond motifs is 4. The van der Waals surface area contributed by atoms with E-state index in [1.54, 1.807) is 0 Å². The molecule has 45 heavy (non-hydrogen) atoms. The van der Waals surface area contributed by atoms with Crippen LogP contribution in [0.1, 0.15) is 38.8 Å². The fraction of sp³-hybridized carbons (Fsp3) is 0.0976. The van der Waals surface area contributed by atoms with E-state index in [-0.39, 0.29) is 5.91 Å². The Kier molecular flexibility index (Phi) is 6.22. The molecule has 0 spiro atoms. The molecule has 1 aliphatic rings. The number of hydrogen-bond donors (Lipinski definition) is 1. The number of benzene rings is 6. The molecule has 0 saturated heterocycles. The minimum atomic E-state index is -1.10. The zero-order valence-electron chi connectivity index (χ0n) is 25.5. The van der Waals surface area contributed by atoms with Gasteiger partial charge in [-0.1, -0.05) is 103 Å². The minimum absolute atomic E-state index is 0.217. The molecule has 1 N–H and O–H groups in total. The van der Waals surface area contributed by atoms with Crippen LogP contribution in [-0.2, 0) is 0 Å². The zero-order chi connectivity index (χ0) is 30.8. The smallest absolute Gasteiger partial charge is 0.263 e. The molecule has 0 radical (unpaired) electrons. The maximum Gasteiger partial charge on any atom is 0.263 e. The van der Waals surface area contributed by atoms with Crippen LogP contribution in [0.15, 0.2) is 127 Å². The Morgan fingerprint density at radius 3 is 2.07 bits per heavy atom. The predicted molar refractivity (Wildman–Crippen MR) is 184 cm³/mol. The summed E-state index contributed by atoms with van der Waals surface area (Å²) in [6.07, 6.45) is -1.10. The summed E-state index contributed by atoms with van der Waals surface area (Å²) in [7, 11) is 0. The average molecular weight is 585 g/mol. The van der Waals surface area contributed by atoms with Gasteiger partial charge in [-0.05, 0) is 84.5 Å². The highest BCUT2D eigenvalue weighted by Gasteiger charge is 2.39. The van der Waals surface area contributed by atoms with Gasteiger partial charge in [0.2, 0.25) is 0 Å². The van der Waals surface area contributed by atoms with Crippen LogP contribution < -0.4 is 4.90 Å². The van der Waals surface area contributed by atoms with Crippen molar-refractivity contribution in [3.05, 3.63) is 155 Å². The van der Waals surface area contributed by atoms with Crippen LogP contribution >= 0.6 is 0 Å². The molecule has 0 aliphatic carbocycles. The lowest BCUT2D eigenvalue weighted by Gasteiger charge is -2.21. The topological polar surface area (TPSA) is 45.5 Å². The van der Waals surface area contributed by atoms with Gasteiger partial charge in [0.05, 0.1) is 22.3 Å². The van der Waals surface area contributed by atoms with E-state index in [9.17, 15) is 9.90 Å². The number of hydrogen-bond acceptors (Lipinski definition) is 2. The number of anilines is 1. The van der Waals surface area contributed by atoms with E-state index in [2.05, 4.69) is 73.9 Å². The van der Waals surface area contributed by atoms with Gasteiger partial charge in [0.1, 0.15) is 0 Å². The van der Waals surface area contributed by atoms with E-state index < -0.39 is 6.23 Å². The van der Waals surface area contributed by atoms with Crippen LogP contribution in [0.3, 0.4) is 0 Å². The lowest BCUT2D eigenvalue weighted by Crippen LogP contribution is -2.27. The molecule has 1 unspecified atom stereocenters. The highest BCUT2D eigenvalue weighted by molar-refractivity contribution is 6.16. The second kappa shape index (κ2) is 10.3. The lowest BCUT2D eigenvalue weighted by molar-refractivity contribution is 0.0935. The van der Waals surface area contributed by atoms with Gasteiger partial charge in [-0.3, -0.25) is 9.69 Å². The van der Waals surface area contributed by atoms with Crippen molar-refractivity contribution in [1.82, 2.24) is 4.57 Å². The molecule has 7 aromatic rings. The van der Waals surface area contributed by atoms with Crippen LogP contribution in [0.4, 0.5) is 5.69 Å². The Labute approximate surface area is 262 Å². The SMILES string of the molecule is Cc1cc(C)c(-c2ccc3c4ccccc4n(-c4cccc5c4C(=O)N(c4cccc(-c6ccccc6)c4)C5O)c3c2)c(C)c1. The van der Waals surface area contributed by atoms with E-state index >= 15 is 0 Å². The molecular formula is C41H32N2O2. The first-order valence-corrected chi connectivity index (χ1v) is 15.3. The summed E-state index contributed by atoms with van der Waals surface area (Å²) in [6.45, 7) is 6.47. The van der Waals surface area contributed by atoms with Crippen molar-refractivity contribution in [2.24, 2.45) is 0 Å². The van der Waals surface area contributed by atoms with Crippen molar-refractivity contribution >= 4 is 33.4 Å². The Morgan fingerprint density at radius 2 is 1.27 bits per heavy atom. The number of para-hydroxylation sites is 1. The summed E-state index contributed by atoms with van der Waals surface area (Å²) < 4.78 is 2.19. The number of aromatic nitrogens is 1. The molecule has 6 aromatic carbocycles. The van der Waals surface area contributed by atoms with E-state index in [0.717, 1.165) is 44.2 Å². The molecule has 2 heterocycles. The van der Waals surface area contributed by atoms with Crippen LogP contribution in [0.2, 0.25) is 0 Å². The third kappa shape index (κ3) is 4.21. The maximum atomic E-state index is 14.4. The number of rotatable bonds is 4. The normalized spacial score (nSPS) is 14.4. The second-order valence-electron chi connectivity index (χ2n) is 12.1. The molecule has 1 aromatic heterocycles. The lowest BCUT2D eigenvalue weighted by atomic mass is 9.93. The highest BCUT2D eigenvalue weighted by Crippen LogP contribution is 2.43. The van der Waals surface area contributed by atoms with Gasteiger partial charge < -0.3 is 9.67 Å². The van der Waals surface area contributed by atoms with Crippen molar-refractivity contribution in [2.75, 3.05) is 4.90 Å². The Balaban J connectivity index is 1.32. The van der Waals surface area contributed by atoms with Crippen molar-refractivity contribution in [1.29, 1.82) is 0 Å². The van der Waals surface area contributed by atoms with Crippen molar-refractivity contribution in [2.45, 2.75) is 27.0 Å². The Morgan fingerprint density at radius 1 is 0.578 bits per heavy atom. The van der Waals surface area contributed by atoms with Crippen molar-refractivity contribution in [3.8, 4) is 27.9 Å². The second-order valence-corrected chi connectivity index (χ2v) is 12.1. The largest absolute Gasteiger partial charge is 0.369 e. The Bertz CT molecular complexity index is 2270. The van der Waals surface area contributed by atoms with Gasteiger partial charge in [-0.2, -0.15) is 0 Å². The molecule has 1 amide bonds. The van der Waals surface area contributed by atoms with Gasteiger partial charge in [0.15, 0.2) is 6.23 Å². The predicted octanol–water partition coefficient (Wildman–Crippen LogP) is 9.69. The van der Waals surface area contributed by atoms with Gasteiger partial charge in [0, 0.05) is 22.0 Å². The molecule has 8 rings (SSSR count). The number of aliphatic hydroxyl groups excluding tert-OH is 1. The first-order valence-electron chi connectivity index (χ1n) is 15.3. The molecule has 4 heteroatoms. The standard InChI is InChI=1S/C41H32N2O2/c1-25-21-26(2)38(27(3)22-25)30-19-20-33-32-15-7-8-17-35(32)43(37(33)24-30)36-18-10-16-34-39(36)41(45)42(40(34)44)31-14-9-13-29(23-31)28-11-5-4-6-12-28/h4-24,40,44H,1-3H3. The third-order valence-electron chi connectivity index (χ3n) is 9.14. The number of amides is 1. The quantitative estimate of drug-likeness (QED) is 0.224. The summed E-state index contributed by atoms with van der Waals surface area (Å²) in [6, 6.07) is 43.1. The molecule has 0 bridgehead atoms. The third-order valence-corrected chi connectivity index (χ3v) is 9.14. The zero-order valence-corrected chi connectivity index (χ0v) is 25.5. The number of aliphatic hydroxyl groups is 1. The maximum absolute atomic E-state index is 14.4. The molecule has 1 atom stereocenters. The van der Waals surface area contributed by atoms with Gasteiger partial charge in [-0.15, -0.1) is 0 Å². The number of carbonyl (C=O) groups is 1. The molecule has 1 aliphatic heterocycles. The van der Waals surface area contributed by atoms with Crippen molar-refractivity contribution < 1.29 is 9.90 Å². The molecular weight excluding hydrogens is 552 g/mol. The molecule has 4 nitrogen and oxygen atoms in total. The van der Waals surface area contributed by atoms with E-state index in [1.807, 2.05) is 78.9 Å². The number of aryl methyl sites for hydroxylation is 3. The first-order chi connectivity index (χ1) is 21.9. The first kappa shape index (κ1) is 27.1. The number of carbonyl (C=O) groups excluding carboxylic acids is 1. The number of nitrogens with zero attached hydrogens (tertiary/aromatic N) is 2. The molecule has 0 saturated carbocycles. The van der Waals surface area contributed by atoms with E-state index in [4.69, 9.17) is 0 Å². The Hall–Kier alpha value is -5.45. The summed E-state index contributed by atoms with van der Waals surface area (Å²) in [5.41, 5.74) is 12.7. The van der Waals surface area contributed by atoms with Crippen LogP contribution in [0.25, 0.3) is 49.7 Å². The molecule has 0 fully saturated rings. The van der Waals surface area contributed by atoms with Gasteiger partial charge in [-0.25, -0.2) is 0 Å². The van der Waals surface area contributed by atoms with E-state index in [1.165, 1.54) is 27.2 Å². The fourth-order valence-corrected chi connectivity index (χ4v) is 7.31. The summed E-state index contributed by atoms with van der Waals surface area (Å²) >= 11 is 0. The van der Waals surface area contributed by atoms with Crippen molar-refractivity contribution in [3.63, 3.8) is 0 Å². The highest BCUT2D eigenvalue weighted by atomic mass is 16.3.